The predicted octanol–water partition coefficient (Wildman–Crippen LogP) is 0.888. The summed E-state index contributed by atoms with van der Waals surface area (Å²) in [5.41, 5.74) is 5.80. The van der Waals surface area contributed by atoms with Gasteiger partial charge < -0.3 is 11.1 Å². The molecule has 1 saturated heterocycles. The molecule has 0 aromatic carbocycles. The second kappa shape index (κ2) is 4.30. The van der Waals surface area contributed by atoms with Crippen LogP contribution in [0.1, 0.15) is 32.1 Å². The quantitative estimate of drug-likeness (QED) is 0.704. The van der Waals surface area contributed by atoms with Crippen LogP contribution in [0.5, 0.6) is 0 Å². The maximum atomic E-state index is 11.7. The van der Waals surface area contributed by atoms with Gasteiger partial charge in [0.1, 0.15) is 0 Å². The molecule has 2 fully saturated rings. The Morgan fingerprint density at radius 1 is 1.36 bits per heavy atom. The third-order valence-electron chi connectivity index (χ3n) is 3.87. The normalized spacial score (nSPS) is 30.6. The average molecular weight is 196 g/mol. The smallest absolute Gasteiger partial charge is 0.223 e. The van der Waals surface area contributed by atoms with Crippen molar-refractivity contribution in [2.24, 2.45) is 23.5 Å². The first-order chi connectivity index (χ1) is 6.83. The lowest BCUT2D eigenvalue weighted by Crippen LogP contribution is -2.45. The molecule has 14 heavy (non-hydrogen) atoms. The number of piperidine rings is 1. The fourth-order valence-electron chi connectivity index (χ4n) is 2.76. The summed E-state index contributed by atoms with van der Waals surface area (Å²) in [5.74, 6) is 1.63. The average Bonchev–Trinajstić information content (AvgIpc) is 2.12. The lowest BCUT2D eigenvalue weighted by atomic mass is 9.69. The van der Waals surface area contributed by atoms with Crippen molar-refractivity contribution >= 4 is 5.91 Å². The summed E-state index contributed by atoms with van der Waals surface area (Å²) in [6.07, 6.45) is 6.07. The highest BCUT2D eigenvalue weighted by atomic mass is 16.1. The lowest BCUT2D eigenvalue weighted by molar-refractivity contribution is -0.129. The molecule has 0 aromatic heterocycles. The van der Waals surface area contributed by atoms with Crippen LogP contribution in [0.25, 0.3) is 0 Å². The molecule has 2 aliphatic rings. The van der Waals surface area contributed by atoms with Gasteiger partial charge in [0.2, 0.25) is 5.91 Å². The fourth-order valence-corrected chi connectivity index (χ4v) is 2.76. The minimum absolute atomic E-state index is 0.207. The van der Waals surface area contributed by atoms with Crippen molar-refractivity contribution in [2.75, 3.05) is 13.1 Å². The third-order valence-corrected chi connectivity index (χ3v) is 3.87. The number of carbonyl (C=O) groups excluding carboxylic acids is 1. The zero-order valence-electron chi connectivity index (χ0n) is 8.67. The van der Waals surface area contributed by atoms with Crippen LogP contribution >= 0.6 is 0 Å². The Balaban J connectivity index is 1.97. The number of nitrogens with two attached hydrogens (primary N) is 1. The predicted molar refractivity (Wildman–Crippen MR) is 55.6 cm³/mol. The van der Waals surface area contributed by atoms with Gasteiger partial charge >= 0.3 is 0 Å². The molecule has 2 atom stereocenters. The largest absolute Gasteiger partial charge is 0.356 e. The van der Waals surface area contributed by atoms with Crippen molar-refractivity contribution in [3.8, 4) is 0 Å². The van der Waals surface area contributed by atoms with E-state index in [9.17, 15) is 4.79 Å². The lowest BCUT2D eigenvalue weighted by Gasteiger charge is -2.38. The number of nitrogens with one attached hydrogen (secondary N) is 1. The molecule has 0 bridgehead atoms. The maximum absolute atomic E-state index is 11.7. The third kappa shape index (κ3) is 1.78. The first-order valence-corrected chi connectivity index (χ1v) is 5.80. The van der Waals surface area contributed by atoms with Gasteiger partial charge in [0, 0.05) is 12.5 Å². The highest BCUT2D eigenvalue weighted by Crippen LogP contribution is 2.38. The minimum Gasteiger partial charge on any atom is -0.356 e. The molecule has 1 aliphatic heterocycles. The van der Waals surface area contributed by atoms with Crippen LogP contribution in [0.3, 0.4) is 0 Å². The summed E-state index contributed by atoms with van der Waals surface area (Å²) in [6.45, 7) is 1.54. The molecule has 80 valence electrons. The summed E-state index contributed by atoms with van der Waals surface area (Å²) in [5, 5.41) is 2.96. The van der Waals surface area contributed by atoms with Crippen molar-refractivity contribution in [3.63, 3.8) is 0 Å². The SMILES string of the molecule is NCC(C1CCC1)C1CCCNC1=O. The Hall–Kier alpha value is -0.570. The number of hydrogen-bond donors (Lipinski definition) is 2. The molecule has 1 amide bonds. The number of hydrogen-bond acceptors (Lipinski definition) is 2. The molecular weight excluding hydrogens is 176 g/mol. The molecule has 0 spiro atoms. The first kappa shape index (κ1) is 9.97. The minimum atomic E-state index is 0.207. The van der Waals surface area contributed by atoms with Gasteiger partial charge in [-0.05, 0) is 31.2 Å². The van der Waals surface area contributed by atoms with Gasteiger partial charge in [-0.2, -0.15) is 0 Å². The Kier molecular flexibility index (Phi) is 3.06. The van der Waals surface area contributed by atoms with E-state index in [1.807, 2.05) is 0 Å². The monoisotopic (exact) mass is 196 g/mol. The van der Waals surface area contributed by atoms with Crippen molar-refractivity contribution < 1.29 is 4.79 Å². The second-order valence-corrected chi connectivity index (χ2v) is 4.63. The number of rotatable bonds is 3. The molecule has 1 saturated carbocycles. The Morgan fingerprint density at radius 3 is 2.64 bits per heavy atom. The molecule has 3 heteroatoms. The van der Waals surface area contributed by atoms with E-state index in [1.54, 1.807) is 0 Å². The van der Waals surface area contributed by atoms with Crippen LogP contribution in [-0.4, -0.2) is 19.0 Å². The Morgan fingerprint density at radius 2 is 2.14 bits per heavy atom. The van der Waals surface area contributed by atoms with Gasteiger partial charge in [0.25, 0.3) is 0 Å². The number of carbonyl (C=O) groups is 1. The van der Waals surface area contributed by atoms with Crippen LogP contribution in [0.15, 0.2) is 0 Å². The van der Waals surface area contributed by atoms with E-state index in [1.165, 1.54) is 19.3 Å². The van der Waals surface area contributed by atoms with E-state index < -0.39 is 0 Å². The summed E-state index contributed by atoms with van der Waals surface area (Å²) < 4.78 is 0. The van der Waals surface area contributed by atoms with E-state index in [-0.39, 0.29) is 11.8 Å². The highest BCUT2D eigenvalue weighted by Gasteiger charge is 2.36. The summed E-state index contributed by atoms with van der Waals surface area (Å²) in [7, 11) is 0. The van der Waals surface area contributed by atoms with E-state index in [2.05, 4.69) is 5.32 Å². The topological polar surface area (TPSA) is 55.1 Å². The molecule has 2 unspecified atom stereocenters. The van der Waals surface area contributed by atoms with Crippen LogP contribution < -0.4 is 11.1 Å². The molecule has 3 nitrogen and oxygen atoms in total. The van der Waals surface area contributed by atoms with Crippen molar-refractivity contribution in [1.82, 2.24) is 5.32 Å². The number of amides is 1. The summed E-state index contributed by atoms with van der Waals surface area (Å²) in [4.78, 5) is 11.7. The maximum Gasteiger partial charge on any atom is 0.223 e. The van der Waals surface area contributed by atoms with Crippen molar-refractivity contribution in [3.05, 3.63) is 0 Å². The van der Waals surface area contributed by atoms with Crippen LogP contribution in [0.2, 0.25) is 0 Å². The Bertz CT molecular complexity index is 213. The second-order valence-electron chi connectivity index (χ2n) is 4.63. The molecule has 2 rings (SSSR count). The molecule has 1 aliphatic carbocycles. The zero-order chi connectivity index (χ0) is 9.97. The van der Waals surface area contributed by atoms with E-state index >= 15 is 0 Å². The van der Waals surface area contributed by atoms with Crippen molar-refractivity contribution in [2.45, 2.75) is 32.1 Å². The van der Waals surface area contributed by atoms with Crippen LogP contribution in [0, 0.1) is 17.8 Å². The molecule has 3 N–H and O–H groups in total. The van der Waals surface area contributed by atoms with Gasteiger partial charge in [0.05, 0.1) is 0 Å². The van der Waals surface area contributed by atoms with Crippen molar-refractivity contribution in [1.29, 1.82) is 0 Å². The Labute approximate surface area is 85.4 Å². The zero-order valence-corrected chi connectivity index (χ0v) is 8.67. The molecule has 0 aromatic rings. The van der Waals surface area contributed by atoms with E-state index in [0.717, 1.165) is 25.3 Å². The molecule has 1 heterocycles. The molecule has 0 radical (unpaired) electrons. The van der Waals surface area contributed by atoms with Gasteiger partial charge in [-0.15, -0.1) is 0 Å². The highest BCUT2D eigenvalue weighted by molar-refractivity contribution is 5.79. The fraction of sp³-hybridized carbons (Fsp3) is 0.909. The van der Waals surface area contributed by atoms with E-state index in [0.29, 0.717) is 12.5 Å². The van der Waals surface area contributed by atoms with Gasteiger partial charge in [-0.3, -0.25) is 4.79 Å². The summed E-state index contributed by atoms with van der Waals surface area (Å²) >= 11 is 0. The van der Waals surface area contributed by atoms with Gasteiger partial charge in [-0.25, -0.2) is 0 Å². The summed E-state index contributed by atoms with van der Waals surface area (Å²) in [6, 6.07) is 0. The van der Waals surface area contributed by atoms with Gasteiger partial charge in [0.15, 0.2) is 0 Å². The van der Waals surface area contributed by atoms with Crippen LogP contribution in [0.4, 0.5) is 0 Å². The first-order valence-electron chi connectivity index (χ1n) is 5.80. The van der Waals surface area contributed by atoms with Crippen LogP contribution in [-0.2, 0) is 4.79 Å². The molecular formula is C11H20N2O. The van der Waals surface area contributed by atoms with E-state index in [4.69, 9.17) is 5.73 Å². The van der Waals surface area contributed by atoms with Gasteiger partial charge in [-0.1, -0.05) is 19.3 Å². The standard InChI is InChI=1S/C11H20N2O/c12-7-10(8-3-1-4-8)9-5-2-6-13-11(9)14/h8-10H,1-7,12H2,(H,13,14).